The van der Waals surface area contributed by atoms with Crippen LogP contribution < -0.4 is 5.63 Å². The van der Waals surface area contributed by atoms with Gasteiger partial charge in [-0.1, -0.05) is 12.1 Å². The molecule has 0 atom stereocenters. The molecule has 0 N–H and O–H groups in total. The van der Waals surface area contributed by atoms with E-state index in [0.717, 1.165) is 0 Å². The molecule has 21 heavy (non-hydrogen) atoms. The molecule has 0 aliphatic rings. The quantitative estimate of drug-likeness (QED) is 0.639. The highest BCUT2D eigenvalue weighted by atomic mass is 32.2. The topological polar surface area (TPSA) is 82.2 Å². The van der Waals surface area contributed by atoms with Gasteiger partial charge >= 0.3 is 21.2 Å². The van der Waals surface area contributed by atoms with E-state index in [4.69, 9.17) is 4.42 Å². The molecular formula is C11H5F3N2O4S. The Kier molecular flexibility index (Phi) is 2.64. The van der Waals surface area contributed by atoms with Crippen molar-refractivity contribution in [3.8, 4) is 0 Å². The largest absolute Gasteiger partial charge is 0.518 e. The van der Waals surface area contributed by atoms with Crippen molar-refractivity contribution in [2.45, 2.75) is 5.51 Å². The Morgan fingerprint density at radius 3 is 2.48 bits per heavy atom. The highest BCUT2D eigenvalue weighted by molar-refractivity contribution is 7.90. The average Bonchev–Trinajstić information content (AvgIpc) is 2.84. The molecule has 0 fully saturated rings. The maximum atomic E-state index is 12.5. The normalized spacial score (nSPS) is 13.1. The molecule has 10 heteroatoms. The molecule has 0 saturated carbocycles. The molecule has 110 valence electrons. The summed E-state index contributed by atoms with van der Waals surface area (Å²) < 4.78 is 64.8. The van der Waals surface area contributed by atoms with E-state index in [9.17, 15) is 26.4 Å². The van der Waals surface area contributed by atoms with Crippen LogP contribution in [0.1, 0.15) is 0 Å². The van der Waals surface area contributed by atoms with E-state index in [2.05, 4.69) is 5.10 Å². The standard InChI is InChI=1S/C11H5F3N2O4S/c12-11(13,14)21(18,19)16-5-7-9(15-16)6-3-1-2-4-8(6)20-10(7)17/h1-5H. The minimum atomic E-state index is -5.70. The molecule has 6 nitrogen and oxygen atoms in total. The van der Waals surface area contributed by atoms with Gasteiger partial charge in [-0.2, -0.15) is 30.8 Å². The van der Waals surface area contributed by atoms with Crippen LogP contribution in [0, 0.1) is 0 Å². The van der Waals surface area contributed by atoms with Gasteiger partial charge in [0.1, 0.15) is 16.5 Å². The molecular weight excluding hydrogens is 313 g/mol. The Hall–Kier alpha value is -2.36. The van der Waals surface area contributed by atoms with Gasteiger partial charge in [-0.25, -0.2) is 4.79 Å². The number of para-hydroxylation sites is 1. The second kappa shape index (κ2) is 4.07. The summed E-state index contributed by atoms with van der Waals surface area (Å²) in [5, 5.41) is 3.28. The number of benzene rings is 1. The minimum Gasteiger partial charge on any atom is -0.422 e. The van der Waals surface area contributed by atoms with Crippen molar-refractivity contribution in [2.24, 2.45) is 0 Å². The zero-order valence-corrected chi connectivity index (χ0v) is 10.8. The number of hydrogen-bond acceptors (Lipinski definition) is 5. The van der Waals surface area contributed by atoms with Crippen LogP contribution in [0.5, 0.6) is 0 Å². The Morgan fingerprint density at radius 1 is 1.14 bits per heavy atom. The Morgan fingerprint density at radius 2 is 1.81 bits per heavy atom. The Bertz CT molecular complexity index is 1020. The van der Waals surface area contributed by atoms with Gasteiger partial charge in [-0.3, -0.25) is 0 Å². The first-order valence-electron chi connectivity index (χ1n) is 5.45. The van der Waals surface area contributed by atoms with Crippen molar-refractivity contribution in [2.75, 3.05) is 0 Å². The van der Waals surface area contributed by atoms with Crippen molar-refractivity contribution in [1.82, 2.24) is 9.19 Å². The van der Waals surface area contributed by atoms with E-state index in [1.807, 2.05) is 0 Å². The van der Waals surface area contributed by atoms with Gasteiger partial charge in [0, 0.05) is 5.39 Å². The van der Waals surface area contributed by atoms with E-state index in [1.165, 1.54) is 12.1 Å². The van der Waals surface area contributed by atoms with Crippen LogP contribution in [0.15, 0.2) is 39.7 Å². The van der Waals surface area contributed by atoms with Crippen molar-refractivity contribution >= 4 is 31.9 Å². The van der Waals surface area contributed by atoms with Crippen LogP contribution >= 0.6 is 0 Å². The molecule has 2 heterocycles. The maximum absolute atomic E-state index is 12.5. The summed E-state index contributed by atoms with van der Waals surface area (Å²) in [4.78, 5) is 11.7. The monoisotopic (exact) mass is 318 g/mol. The van der Waals surface area contributed by atoms with Crippen molar-refractivity contribution in [3.63, 3.8) is 0 Å². The lowest BCUT2D eigenvalue weighted by Gasteiger charge is -2.06. The lowest BCUT2D eigenvalue weighted by molar-refractivity contribution is -0.0449. The minimum absolute atomic E-state index is 0.102. The van der Waals surface area contributed by atoms with Gasteiger partial charge < -0.3 is 4.42 Å². The van der Waals surface area contributed by atoms with E-state index in [1.54, 1.807) is 12.1 Å². The number of nitrogens with zero attached hydrogens (tertiary/aromatic N) is 2. The van der Waals surface area contributed by atoms with Gasteiger partial charge in [0.25, 0.3) is 0 Å². The summed E-state index contributed by atoms with van der Waals surface area (Å²) in [6.45, 7) is 0. The van der Waals surface area contributed by atoms with E-state index >= 15 is 0 Å². The fraction of sp³-hybridized carbons (Fsp3) is 0.0909. The molecule has 0 unspecified atom stereocenters. The Labute approximate surface area is 114 Å². The van der Waals surface area contributed by atoms with Crippen molar-refractivity contribution in [1.29, 1.82) is 0 Å². The van der Waals surface area contributed by atoms with Crippen molar-refractivity contribution < 1.29 is 26.0 Å². The third-order valence-corrected chi connectivity index (χ3v) is 4.06. The molecule has 0 radical (unpaired) electrons. The molecule has 3 aromatic rings. The second-order valence-electron chi connectivity index (χ2n) is 4.10. The highest BCUT2D eigenvalue weighted by Crippen LogP contribution is 2.27. The van der Waals surface area contributed by atoms with Gasteiger partial charge in [-0.05, 0) is 12.1 Å². The van der Waals surface area contributed by atoms with Crippen LogP contribution in [0.25, 0.3) is 21.9 Å². The number of hydrogen-bond donors (Lipinski definition) is 0. The zero-order chi connectivity index (χ0) is 15.4. The summed E-state index contributed by atoms with van der Waals surface area (Å²) in [7, 11) is -5.70. The van der Waals surface area contributed by atoms with Gasteiger partial charge in [-0.15, -0.1) is 0 Å². The number of rotatable bonds is 1. The number of fused-ring (bicyclic) bond motifs is 3. The number of alkyl halides is 3. The van der Waals surface area contributed by atoms with Crippen LogP contribution in [-0.2, 0) is 10.0 Å². The summed E-state index contributed by atoms with van der Waals surface area (Å²) in [6, 6.07) is 5.99. The first kappa shape index (κ1) is 13.6. The van der Waals surface area contributed by atoms with Crippen molar-refractivity contribution in [3.05, 3.63) is 40.9 Å². The third kappa shape index (κ3) is 1.90. The smallest absolute Gasteiger partial charge is 0.422 e. The molecule has 0 amide bonds. The van der Waals surface area contributed by atoms with Gasteiger partial charge in [0.2, 0.25) is 0 Å². The first-order valence-corrected chi connectivity index (χ1v) is 6.89. The number of halogens is 3. The molecule has 3 rings (SSSR count). The van der Waals surface area contributed by atoms with Crippen LogP contribution in [0.2, 0.25) is 0 Å². The maximum Gasteiger partial charge on any atom is 0.518 e. The van der Waals surface area contributed by atoms with Crippen LogP contribution in [0.3, 0.4) is 0 Å². The summed E-state index contributed by atoms with van der Waals surface area (Å²) in [5.74, 6) is 0. The fourth-order valence-electron chi connectivity index (χ4n) is 1.84. The van der Waals surface area contributed by atoms with E-state index in [0.29, 0.717) is 6.20 Å². The lowest BCUT2D eigenvalue weighted by Crippen LogP contribution is -2.30. The molecule has 2 aromatic heterocycles. The third-order valence-electron chi connectivity index (χ3n) is 2.80. The lowest BCUT2D eigenvalue weighted by atomic mass is 10.2. The summed E-state index contributed by atoms with van der Waals surface area (Å²) in [6.07, 6.45) is 0.496. The first-order chi connectivity index (χ1) is 9.72. The predicted molar refractivity (Wildman–Crippen MR) is 66.1 cm³/mol. The summed E-state index contributed by atoms with van der Waals surface area (Å²) >= 11 is 0. The highest BCUT2D eigenvalue weighted by Gasteiger charge is 2.48. The molecule has 0 bridgehead atoms. The average molecular weight is 318 g/mol. The molecule has 0 aliphatic heterocycles. The number of aromatic nitrogens is 2. The van der Waals surface area contributed by atoms with E-state index in [-0.39, 0.29) is 26.0 Å². The fourth-order valence-corrected chi connectivity index (χ4v) is 2.48. The van der Waals surface area contributed by atoms with E-state index < -0.39 is 21.2 Å². The second-order valence-corrected chi connectivity index (χ2v) is 5.89. The summed E-state index contributed by atoms with van der Waals surface area (Å²) in [5.41, 5.74) is -6.56. The molecule has 1 aromatic carbocycles. The molecule has 0 aliphatic carbocycles. The SMILES string of the molecule is O=c1oc2ccccc2c2nn(S(=O)(=O)C(F)(F)F)cc12. The zero-order valence-electron chi connectivity index (χ0n) is 9.96. The van der Waals surface area contributed by atoms with Gasteiger partial charge in [0.05, 0.1) is 6.20 Å². The molecule has 0 spiro atoms. The van der Waals surface area contributed by atoms with Gasteiger partial charge in [0.15, 0.2) is 0 Å². The van der Waals surface area contributed by atoms with Crippen LogP contribution in [-0.4, -0.2) is 23.1 Å². The Balaban J connectivity index is 2.44. The predicted octanol–water partition coefficient (Wildman–Crippen LogP) is 1.84. The van der Waals surface area contributed by atoms with Crippen LogP contribution in [0.4, 0.5) is 13.2 Å². The molecule has 0 saturated heterocycles.